The normalized spacial score (nSPS) is 26.7. The van der Waals surface area contributed by atoms with Crippen molar-refractivity contribution >= 4 is 0 Å². The zero-order valence-corrected chi connectivity index (χ0v) is 20.0. The van der Waals surface area contributed by atoms with Crippen molar-refractivity contribution in [3.63, 3.8) is 0 Å². The molecule has 2 aliphatic heterocycles. The highest BCUT2D eigenvalue weighted by Crippen LogP contribution is 2.33. The maximum atomic E-state index is 14.8. The van der Waals surface area contributed by atoms with Gasteiger partial charge in [0.15, 0.2) is 23.6 Å². The van der Waals surface area contributed by atoms with E-state index >= 15 is 0 Å². The molecule has 0 saturated carbocycles. The lowest BCUT2D eigenvalue weighted by Gasteiger charge is -2.34. The molecule has 2 unspecified atom stereocenters. The van der Waals surface area contributed by atoms with Gasteiger partial charge in [0.2, 0.25) is 0 Å². The third-order valence-corrected chi connectivity index (χ3v) is 6.66. The minimum Gasteiger partial charge on any atom is -0.378 e. The molecule has 2 saturated heterocycles. The van der Waals surface area contributed by atoms with Gasteiger partial charge < -0.3 is 14.2 Å². The smallest absolute Gasteiger partial charge is 0.184 e. The largest absolute Gasteiger partial charge is 0.378 e. The van der Waals surface area contributed by atoms with Gasteiger partial charge in [0.05, 0.1) is 37.1 Å². The van der Waals surface area contributed by atoms with E-state index in [2.05, 4.69) is 11.8 Å². The summed E-state index contributed by atoms with van der Waals surface area (Å²) < 4.78 is 75.3. The van der Waals surface area contributed by atoms with E-state index in [-0.39, 0.29) is 41.9 Å². The highest BCUT2D eigenvalue weighted by Gasteiger charge is 2.37. The summed E-state index contributed by atoms with van der Waals surface area (Å²) in [4.78, 5) is 0. The molecule has 2 fully saturated rings. The predicted molar refractivity (Wildman–Crippen MR) is 124 cm³/mol. The lowest BCUT2D eigenvalue weighted by Crippen LogP contribution is -2.41. The second-order valence-electron chi connectivity index (χ2n) is 9.31. The van der Waals surface area contributed by atoms with E-state index in [1.54, 1.807) is 6.07 Å². The average molecular weight is 491 g/mol. The lowest BCUT2D eigenvalue weighted by molar-refractivity contribution is -0.239. The van der Waals surface area contributed by atoms with Crippen LogP contribution in [0.2, 0.25) is 0 Å². The average Bonchev–Trinajstić information content (AvgIpc) is 2.86. The van der Waals surface area contributed by atoms with Crippen LogP contribution in [0.3, 0.4) is 0 Å². The first-order valence-corrected chi connectivity index (χ1v) is 12.2. The van der Waals surface area contributed by atoms with Crippen molar-refractivity contribution in [1.29, 1.82) is 0 Å². The molecule has 3 nitrogen and oxygen atoms in total. The summed E-state index contributed by atoms with van der Waals surface area (Å²) in [6.07, 6.45) is 2.72. The van der Waals surface area contributed by atoms with Gasteiger partial charge in [-0.3, -0.25) is 0 Å². The van der Waals surface area contributed by atoms with Crippen LogP contribution in [0.5, 0.6) is 0 Å². The molecule has 188 valence electrons. The van der Waals surface area contributed by atoms with Crippen molar-refractivity contribution in [2.24, 2.45) is 0 Å². The van der Waals surface area contributed by atoms with Gasteiger partial charge in [0.1, 0.15) is 5.82 Å². The van der Waals surface area contributed by atoms with Crippen molar-refractivity contribution in [2.75, 3.05) is 19.8 Å². The van der Waals surface area contributed by atoms with Crippen LogP contribution in [0.1, 0.15) is 80.4 Å². The van der Waals surface area contributed by atoms with Gasteiger partial charge in [-0.25, -0.2) is 17.6 Å². The summed E-state index contributed by atoms with van der Waals surface area (Å²) in [7, 11) is 0. The molecule has 2 heterocycles. The molecule has 0 spiro atoms. The maximum Gasteiger partial charge on any atom is 0.184 e. The second-order valence-corrected chi connectivity index (χ2v) is 9.31. The number of benzene rings is 2. The first-order valence-electron chi connectivity index (χ1n) is 12.2. The number of hydrogen-bond donors (Lipinski definition) is 0. The van der Waals surface area contributed by atoms with Gasteiger partial charge in [0, 0.05) is 11.5 Å². The minimum absolute atomic E-state index is 0.0190. The lowest BCUT2D eigenvalue weighted by atomic mass is 9.89. The second kappa shape index (κ2) is 11.1. The van der Waals surface area contributed by atoms with E-state index < -0.39 is 29.4 Å². The number of halogens is 4. The summed E-state index contributed by atoms with van der Waals surface area (Å²) in [6.45, 7) is 4.03. The summed E-state index contributed by atoms with van der Waals surface area (Å²) >= 11 is 0. The maximum absolute atomic E-state index is 14.8. The summed E-state index contributed by atoms with van der Waals surface area (Å²) in [6, 6.07) is 7.13. The molecule has 2 atom stereocenters. The number of hydrogen-bond acceptors (Lipinski definition) is 3. The van der Waals surface area contributed by atoms with Crippen LogP contribution in [0.25, 0.3) is 0 Å². The standard InChI is InChI=1S/C28H30F4O3/c1-3-13-28(32)16-34-27(35-17-28)20-8-6-18(24(29)14-20)5-7-19-10-12-23(26(31)25(19)30)21-9-11-22(4-2)33-15-21/h6,8,10,12,14,21-22,27H,3-4,9,11,13,15-17H2,1-2H3. The molecule has 0 aromatic heterocycles. The molecular weight excluding hydrogens is 460 g/mol. The van der Waals surface area contributed by atoms with Crippen LogP contribution >= 0.6 is 0 Å². The fraction of sp³-hybridized carbons (Fsp3) is 0.500. The summed E-state index contributed by atoms with van der Waals surface area (Å²) in [5.41, 5.74) is -0.987. The van der Waals surface area contributed by atoms with E-state index in [9.17, 15) is 17.6 Å². The molecule has 0 N–H and O–H groups in total. The quantitative estimate of drug-likeness (QED) is 0.344. The van der Waals surface area contributed by atoms with Crippen molar-refractivity contribution in [3.05, 3.63) is 70.0 Å². The summed E-state index contributed by atoms with van der Waals surface area (Å²) in [5.74, 6) is 2.26. The first kappa shape index (κ1) is 25.7. The van der Waals surface area contributed by atoms with Crippen molar-refractivity contribution in [1.82, 2.24) is 0 Å². The first-order chi connectivity index (χ1) is 16.8. The topological polar surface area (TPSA) is 27.7 Å². The van der Waals surface area contributed by atoms with Gasteiger partial charge in [-0.05, 0) is 49.4 Å². The molecule has 4 rings (SSSR count). The Morgan fingerprint density at radius 2 is 1.63 bits per heavy atom. The van der Waals surface area contributed by atoms with Crippen LogP contribution in [0.4, 0.5) is 17.6 Å². The van der Waals surface area contributed by atoms with E-state index in [1.165, 1.54) is 24.3 Å². The number of ether oxygens (including phenoxy) is 3. The van der Waals surface area contributed by atoms with E-state index in [0.29, 0.717) is 25.0 Å². The Bertz CT molecular complexity index is 1090. The van der Waals surface area contributed by atoms with Gasteiger partial charge in [-0.1, -0.05) is 44.2 Å². The highest BCUT2D eigenvalue weighted by atomic mass is 19.2. The third kappa shape index (κ3) is 5.88. The fourth-order valence-electron chi connectivity index (χ4n) is 4.59. The van der Waals surface area contributed by atoms with Crippen LogP contribution in [0.15, 0.2) is 30.3 Å². The van der Waals surface area contributed by atoms with E-state index in [0.717, 1.165) is 19.3 Å². The molecular formula is C28H30F4O3. The van der Waals surface area contributed by atoms with Gasteiger partial charge in [0.25, 0.3) is 0 Å². The molecule has 0 amide bonds. The molecule has 0 bridgehead atoms. The molecule has 2 aromatic carbocycles. The van der Waals surface area contributed by atoms with Crippen LogP contribution in [-0.2, 0) is 14.2 Å². The van der Waals surface area contributed by atoms with Crippen molar-refractivity contribution in [2.45, 2.75) is 69.9 Å². The predicted octanol–water partition coefficient (Wildman–Crippen LogP) is 6.73. The summed E-state index contributed by atoms with van der Waals surface area (Å²) in [5, 5.41) is 0. The molecule has 0 radical (unpaired) electrons. The molecule has 2 aromatic rings. The Hall–Kier alpha value is -2.40. The molecule has 0 aliphatic carbocycles. The van der Waals surface area contributed by atoms with Gasteiger partial charge in [-0.2, -0.15) is 0 Å². The van der Waals surface area contributed by atoms with Gasteiger partial charge >= 0.3 is 0 Å². The molecule has 2 aliphatic rings. The Kier molecular flexibility index (Phi) is 8.16. The van der Waals surface area contributed by atoms with Crippen molar-refractivity contribution < 1.29 is 31.8 Å². The van der Waals surface area contributed by atoms with E-state index in [1.807, 2.05) is 13.8 Å². The zero-order valence-electron chi connectivity index (χ0n) is 20.0. The van der Waals surface area contributed by atoms with Gasteiger partial charge in [-0.15, -0.1) is 0 Å². The fourth-order valence-corrected chi connectivity index (χ4v) is 4.59. The Morgan fingerprint density at radius 3 is 2.26 bits per heavy atom. The Morgan fingerprint density at radius 1 is 0.914 bits per heavy atom. The molecule has 7 heteroatoms. The van der Waals surface area contributed by atoms with Crippen LogP contribution in [-0.4, -0.2) is 31.6 Å². The molecule has 35 heavy (non-hydrogen) atoms. The van der Waals surface area contributed by atoms with Crippen molar-refractivity contribution in [3.8, 4) is 11.8 Å². The number of rotatable bonds is 5. The monoisotopic (exact) mass is 490 g/mol. The third-order valence-electron chi connectivity index (χ3n) is 6.66. The minimum atomic E-state index is -1.54. The Balaban J connectivity index is 1.45. The zero-order chi connectivity index (χ0) is 25.0. The number of alkyl halides is 1. The Labute approximate surface area is 203 Å². The van der Waals surface area contributed by atoms with Crippen LogP contribution in [0, 0.1) is 29.3 Å². The van der Waals surface area contributed by atoms with Crippen LogP contribution < -0.4 is 0 Å². The highest BCUT2D eigenvalue weighted by molar-refractivity contribution is 5.46. The van der Waals surface area contributed by atoms with E-state index in [4.69, 9.17) is 14.2 Å². The SMILES string of the molecule is CCCC1(F)COC(c2ccc(C#Cc3ccc(C4CCC(CC)OC4)c(F)c3F)c(F)c2)OC1.